The number of para-hydroxylation sites is 1. The number of benzene rings is 2. The minimum atomic E-state index is -0.874. The molecule has 1 aliphatic carbocycles. The van der Waals surface area contributed by atoms with Crippen molar-refractivity contribution in [3.05, 3.63) is 59.7 Å². The van der Waals surface area contributed by atoms with Crippen molar-refractivity contribution in [3.8, 4) is 5.75 Å². The van der Waals surface area contributed by atoms with E-state index in [0.29, 0.717) is 12.3 Å². The number of ether oxygens (including phenoxy) is 2. The summed E-state index contributed by atoms with van der Waals surface area (Å²) < 4.78 is 10.8. The van der Waals surface area contributed by atoms with E-state index in [1.165, 1.54) is 11.1 Å². The van der Waals surface area contributed by atoms with Gasteiger partial charge in [0.15, 0.2) is 12.7 Å². The molecule has 0 spiro atoms. The number of amides is 1. The molecule has 1 atom stereocenters. The number of hydrogen-bond donors (Lipinski definition) is 0. The van der Waals surface area contributed by atoms with Crippen molar-refractivity contribution in [1.29, 1.82) is 0 Å². The number of esters is 1. The number of aryl methyl sites for hydroxylation is 2. The quantitative estimate of drug-likeness (QED) is 0.703. The highest BCUT2D eigenvalue weighted by molar-refractivity contribution is 5.97. The van der Waals surface area contributed by atoms with E-state index >= 15 is 0 Å². The molecule has 0 saturated heterocycles. The molecule has 0 saturated carbocycles. The zero-order valence-corrected chi connectivity index (χ0v) is 15.8. The van der Waals surface area contributed by atoms with Crippen molar-refractivity contribution < 1.29 is 19.1 Å². The minimum absolute atomic E-state index is 0.214. The van der Waals surface area contributed by atoms with E-state index in [0.717, 1.165) is 24.9 Å². The zero-order valence-electron chi connectivity index (χ0n) is 15.8. The number of anilines is 1. The molecule has 0 radical (unpaired) electrons. The topological polar surface area (TPSA) is 55.8 Å². The largest absolute Gasteiger partial charge is 0.482 e. The monoisotopic (exact) mass is 367 g/mol. The third kappa shape index (κ3) is 4.67. The van der Waals surface area contributed by atoms with Crippen molar-refractivity contribution in [2.24, 2.45) is 0 Å². The fourth-order valence-corrected chi connectivity index (χ4v) is 3.35. The normalized spacial score (nSPS) is 13.6. The highest BCUT2D eigenvalue weighted by Crippen LogP contribution is 2.26. The van der Waals surface area contributed by atoms with E-state index < -0.39 is 12.1 Å². The Balaban J connectivity index is 1.53. The van der Waals surface area contributed by atoms with Crippen LogP contribution in [0.1, 0.15) is 31.4 Å². The van der Waals surface area contributed by atoms with Crippen LogP contribution in [0.4, 0.5) is 5.69 Å². The minimum Gasteiger partial charge on any atom is -0.482 e. The lowest BCUT2D eigenvalue weighted by Crippen LogP contribution is -2.40. The first kappa shape index (κ1) is 19.0. The molecular weight excluding hydrogens is 342 g/mol. The number of nitrogens with zero attached hydrogens (tertiary/aromatic N) is 1. The maximum absolute atomic E-state index is 12.6. The Kier molecular flexibility index (Phi) is 6.12. The van der Waals surface area contributed by atoms with Crippen LogP contribution < -0.4 is 9.64 Å². The van der Waals surface area contributed by atoms with Gasteiger partial charge in [-0.25, -0.2) is 4.79 Å². The lowest BCUT2D eigenvalue weighted by atomic mass is 10.1. The first-order valence-electron chi connectivity index (χ1n) is 9.39. The molecule has 1 amide bonds. The molecule has 2 aromatic rings. The summed E-state index contributed by atoms with van der Waals surface area (Å²) in [4.78, 5) is 26.3. The summed E-state index contributed by atoms with van der Waals surface area (Å²) in [7, 11) is 0. The predicted molar refractivity (Wildman–Crippen MR) is 104 cm³/mol. The van der Waals surface area contributed by atoms with E-state index in [4.69, 9.17) is 9.47 Å². The van der Waals surface area contributed by atoms with Gasteiger partial charge in [-0.15, -0.1) is 0 Å². The Morgan fingerprint density at radius 1 is 1.07 bits per heavy atom. The molecule has 27 heavy (non-hydrogen) atoms. The summed E-state index contributed by atoms with van der Waals surface area (Å²) in [5, 5.41) is 0. The van der Waals surface area contributed by atoms with Crippen molar-refractivity contribution in [3.63, 3.8) is 0 Å². The molecule has 142 valence electrons. The van der Waals surface area contributed by atoms with Crippen LogP contribution in [-0.2, 0) is 27.2 Å². The van der Waals surface area contributed by atoms with Gasteiger partial charge in [0.25, 0.3) is 5.91 Å². The van der Waals surface area contributed by atoms with E-state index in [1.807, 2.05) is 55.5 Å². The van der Waals surface area contributed by atoms with Crippen LogP contribution in [0, 0.1) is 0 Å². The average molecular weight is 367 g/mol. The van der Waals surface area contributed by atoms with Crippen molar-refractivity contribution in [1.82, 2.24) is 0 Å². The van der Waals surface area contributed by atoms with Crippen LogP contribution >= 0.6 is 0 Å². The first-order chi connectivity index (χ1) is 13.1. The molecule has 0 bridgehead atoms. The van der Waals surface area contributed by atoms with Gasteiger partial charge in [0.2, 0.25) is 0 Å². The number of carbonyl (C=O) groups is 2. The summed E-state index contributed by atoms with van der Waals surface area (Å²) >= 11 is 0. The zero-order chi connectivity index (χ0) is 19.2. The molecule has 0 aromatic heterocycles. The molecule has 0 fully saturated rings. The van der Waals surface area contributed by atoms with Gasteiger partial charge < -0.3 is 14.4 Å². The molecule has 5 nitrogen and oxygen atoms in total. The fraction of sp³-hybridized carbons (Fsp3) is 0.364. The van der Waals surface area contributed by atoms with E-state index in [2.05, 4.69) is 0 Å². The summed E-state index contributed by atoms with van der Waals surface area (Å²) in [6.07, 6.45) is 2.44. The molecule has 0 heterocycles. The van der Waals surface area contributed by atoms with Gasteiger partial charge in [0, 0.05) is 12.2 Å². The van der Waals surface area contributed by atoms with Gasteiger partial charge in [-0.3, -0.25) is 4.79 Å². The van der Waals surface area contributed by atoms with Crippen molar-refractivity contribution in [2.75, 3.05) is 18.1 Å². The predicted octanol–water partition coefficient (Wildman–Crippen LogP) is 3.54. The summed E-state index contributed by atoms with van der Waals surface area (Å²) in [6, 6.07) is 15.2. The van der Waals surface area contributed by atoms with Crippen LogP contribution in [0.3, 0.4) is 0 Å². The molecule has 2 aromatic carbocycles. The standard InChI is InChI=1S/C22H25NO4/c1-3-23(19-10-5-4-6-11-19)22(25)16(2)27-21(24)15-26-20-13-12-17-8-7-9-18(17)14-20/h4-6,10-14,16H,3,7-9,15H2,1-2H3/t16-/m0/s1. The number of carbonyl (C=O) groups excluding carboxylic acids is 2. The summed E-state index contributed by atoms with van der Waals surface area (Å²) in [5.74, 6) is -0.152. The molecule has 0 aliphatic heterocycles. The number of likely N-dealkylation sites (N-methyl/N-ethyl adjacent to an activating group) is 1. The van der Waals surface area contributed by atoms with Gasteiger partial charge in [0.1, 0.15) is 5.75 Å². The van der Waals surface area contributed by atoms with Gasteiger partial charge in [0.05, 0.1) is 0 Å². The molecule has 5 heteroatoms. The third-order valence-corrected chi connectivity index (χ3v) is 4.73. The Morgan fingerprint density at radius 3 is 2.56 bits per heavy atom. The summed E-state index contributed by atoms with van der Waals surface area (Å²) in [5.41, 5.74) is 3.41. The molecule has 3 rings (SSSR count). The van der Waals surface area contributed by atoms with Crippen LogP contribution in [0.25, 0.3) is 0 Å². The number of rotatable bonds is 7. The maximum atomic E-state index is 12.6. The first-order valence-corrected chi connectivity index (χ1v) is 9.39. The van der Waals surface area contributed by atoms with Crippen LogP contribution in [0.5, 0.6) is 5.75 Å². The lowest BCUT2D eigenvalue weighted by molar-refractivity contribution is -0.155. The SMILES string of the molecule is CCN(C(=O)[C@H](C)OC(=O)COc1ccc2c(c1)CCC2)c1ccccc1. The molecule has 0 N–H and O–H groups in total. The Morgan fingerprint density at radius 2 is 1.81 bits per heavy atom. The molecule has 1 aliphatic rings. The second-order valence-corrected chi connectivity index (χ2v) is 6.62. The fourth-order valence-electron chi connectivity index (χ4n) is 3.35. The Bertz CT molecular complexity index is 803. The summed E-state index contributed by atoms with van der Waals surface area (Å²) in [6.45, 7) is 3.75. The third-order valence-electron chi connectivity index (χ3n) is 4.73. The van der Waals surface area contributed by atoms with Crippen LogP contribution in [-0.4, -0.2) is 31.1 Å². The van der Waals surface area contributed by atoms with Gasteiger partial charge >= 0.3 is 5.97 Å². The van der Waals surface area contributed by atoms with E-state index in [1.54, 1.807) is 11.8 Å². The van der Waals surface area contributed by atoms with Crippen LogP contribution in [0.15, 0.2) is 48.5 Å². The average Bonchev–Trinajstić information content (AvgIpc) is 3.15. The number of fused-ring (bicyclic) bond motifs is 1. The molecule has 0 unspecified atom stereocenters. The van der Waals surface area contributed by atoms with Gasteiger partial charge in [-0.2, -0.15) is 0 Å². The Labute approximate surface area is 159 Å². The second-order valence-electron chi connectivity index (χ2n) is 6.62. The van der Waals surface area contributed by atoms with Crippen LogP contribution in [0.2, 0.25) is 0 Å². The van der Waals surface area contributed by atoms with Gasteiger partial charge in [-0.05, 0) is 68.5 Å². The van der Waals surface area contributed by atoms with E-state index in [-0.39, 0.29) is 12.5 Å². The van der Waals surface area contributed by atoms with Crippen molar-refractivity contribution in [2.45, 2.75) is 39.2 Å². The second kappa shape index (κ2) is 8.71. The van der Waals surface area contributed by atoms with E-state index in [9.17, 15) is 9.59 Å². The highest BCUT2D eigenvalue weighted by atomic mass is 16.6. The maximum Gasteiger partial charge on any atom is 0.344 e. The smallest absolute Gasteiger partial charge is 0.344 e. The molecular formula is C22H25NO4. The highest BCUT2D eigenvalue weighted by Gasteiger charge is 2.24. The lowest BCUT2D eigenvalue weighted by Gasteiger charge is -2.24. The number of hydrogen-bond acceptors (Lipinski definition) is 4. The van der Waals surface area contributed by atoms with Gasteiger partial charge in [-0.1, -0.05) is 24.3 Å². The Hall–Kier alpha value is -2.82. The van der Waals surface area contributed by atoms with Crippen molar-refractivity contribution >= 4 is 17.6 Å².